The van der Waals surface area contributed by atoms with E-state index in [4.69, 9.17) is 16.3 Å². The molecule has 0 spiro atoms. The van der Waals surface area contributed by atoms with Crippen molar-refractivity contribution in [3.8, 4) is 0 Å². The standard InChI is InChI=1S/C18H20ClFN4O4/c1-11(2)24-10-15(9-22-24)23-4-3-18(27,16(23)25)28-17(26)21-8-12-5-13(19)7-14(20)6-12/h5-7,9-11,27H,3-4,8H2,1-2H3,(H,21,26)/t18-/m1/s1. The van der Waals surface area contributed by atoms with E-state index in [1.807, 2.05) is 13.8 Å². The Morgan fingerprint density at radius 1 is 1.46 bits per heavy atom. The predicted molar refractivity (Wildman–Crippen MR) is 99.3 cm³/mol. The van der Waals surface area contributed by atoms with Crippen molar-refractivity contribution in [1.29, 1.82) is 0 Å². The number of aliphatic hydroxyl groups is 1. The maximum atomic E-state index is 13.3. The van der Waals surface area contributed by atoms with E-state index in [2.05, 4.69) is 10.4 Å². The van der Waals surface area contributed by atoms with Gasteiger partial charge in [-0.15, -0.1) is 0 Å². The van der Waals surface area contributed by atoms with Crippen LogP contribution in [-0.4, -0.2) is 39.2 Å². The zero-order valence-corrected chi connectivity index (χ0v) is 16.1. The van der Waals surface area contributed by atoms with E-state index in [1.165, 1.54) is 23.2 Å². The van der Waals surface area contributed by atoms with Gasteiger partial charge in [0.1, 0.15) is 5.82 Å². The van der Waals surface area contributed by atoms with Crippen molar-refractivity contribution in [2.24, 2.45) is 0 Å². The maximum Gasteiger partial charge on any atom is 0.410 e. The monoisotopic (exact) mass is 410 g/mol. The molecule has 2 amide bonds. The number of ether oxygens (including phenoxy) is 1. The summed E-state index contributed by atoms with van der Waals surface area (Å²) in [4.78, 5) is 25.9. The van der Waals surface area contributed by atoms with Crippen LogP contribution in [0.2, 0.25) is 5.02 Å². The predicted octanol–water partition coefficient (Wildman–Crippen LogP) is 2.61. The number of hydrogen-bond acceptors (Lipinski definition) is 5. The molecule has 1 atom stereocenters. The molecule has 2 heterocycles. The van der Waals surface area contributed by atoms with Gasteiger partial charge in [0.15, 0.2) is 0 Å². The van der Waals surface area contributed by atoms with Crippen LogP contribution < -0.4 is 10.2 Å². The Bertz CT molecular complexity index is 883. The average Bonchev–Trinajstić information content (AvgIpc) is 3.19. The van der Waals surface area contributed by atoms with Crippen LogP contribution in [0.3, 0.4) is 0 Å². The molecule has 1 aromatic heterocycles. The van der Waals surface area contributed by atoms with Crippen LogP contribution in [0.5, 0.6) is 0 Å². The van der Waals surface area contributed by atoms with Gasteiger partial charge in [0.25, 0.3) is 11.7 Å². The molecule has 0 bridgehead atoms. The van der Waals surface area contributed by atoms with Gasteiger partial charge in [-0.25, -0.2) is 9.18 Å². The highest BCUT2D eigenvalue weighted by atomic mass is 35.5. The van der Waals surface area contributed by atoms with Crippen molar-refractivity contribution in [3.63, 3.8) is 0 Å². The number of amides is 2. The summed E-state index contributed by atoms with van der Waals surface area (Å²) in [5.41, 5.74) is 0.919. The minimum atomic E-state index is -2.27. The zero-order valence-electron chi connectivity index (χ0n) is 15.4. The molecule has 1 saturated heterocycles. The Labute approximate surface area is 165 Å². The van der Waals surface area contributed by atoms with Gasteiger partial charge in [-0.05, 0) is 37.6 Å². The maximum absolute atomic E-state index is 13.3. The third-order valence-electron chi connectivity index (χ3n) is 4.30. The highest BCUT2D eigenvalue weighted by molar-refractivity contribution is 6.30. The Kier molecular flexibility index (Phi) is 5.57. The van der Waals surface area contributed by atoms with Crippen LogP contribution in [0, 0.1) is 5.82 Å². The lowest BCUT2D eigenvalue weighted by atomic mass is 10.2. The van der Waals surface area contributed by atoms with Crippen molar-refractivity contribution < 1.29 is 23.8 Å². The highest BCUT2D eigenvalue weighted by Gasteiger charge is 2.50. The third-order valence-corrected chi connectivity index (χ3v) is 4.52. The molecule has 150 valence electrons. The quantitative estimate of drug-likeness (QED) is 0.738. The zero-order chi connectivity index (χ0) is 20.5. The number of halogens is 2. The van der Waals surface area contributed by atoms with Crippen LogP contribution in [0.4, 0.5) is 14.9 Å². The SMILES string of the molecule is CC(C)n1cc(N2CC[C@@](O)(OC(=O)NCc3cc(F)cc(Cl)c3)C2=O)cn1. The van der Waals surface area contributed by atoms with E-state index in [0.717, 1.165) is 6.07 Å². The summed E-state index contributed by atoms with van der Waals surface area (Å²) in [6, 6.07) is 3.94. The molecule has 0 unspecified atom stereocenters. The van der Waals surface area contributed by atoms with Gasteiger partial charge in [-0.2, -0.15) is 5.10 Å². The van der Waals surface area contributed by atoms with Gasteiger partial charge in [-0.3, -0.25) is 9.48 Å². The summed E-state index contributed by atoms with van der Waals surface area (Å²) in [6.07, 6.45) is 2.10. The number of benzene rings is 1. The van der Waals surface area contributed by atoms with Crippen molar-refractivity contribution in [1.82, 2.24) is 15.1 Å². The summed E-state index contributed by atoms with van der Waals surface area (Å²) in [6.45, 7) is 3.98. The number of carbonyl (C=O) groups is 2. The van der Waals surface area contributed by atoms with Gasteiger partial charge in [0.2, 0.25) is 0 Å². The Hall–Kier alpha value is -2.65. The lowest BCUT2D eigenvalue weighted by molar-refractivity contribution is -0.175. The molecule has 1 aliphatic heterocycles. The first-order valence-corrected chi connectivity index (χ1v) is 9.06. The van der Waals surface area contributed by atoms with Crippen molar-refractivity contribution in [2.45, 2.75) is 38.6 Å². The lowest BCUT2D eigenvalue weighted by Crippen LogP contribution is -2.46. The number of hydrogen-bond donors (Lipinski definition) is 2. The number of anilines is 1. The van der Waals surface area contributed by atoms with E-state index in [9.17, 15) is 19.1 Å². The lowest BCUT2D eigenvalue weighted by Gasteiger charge is -2.22. The second-order valence-corrected chi connectivity index (χ2v) is 7.22. The summed E-state index contributed by atoms with van der Waals surface area (Å²) < 4.78 is 20.0. The minimum absolute atomic E-state index is 0.0779. The second-order valence-electron chi connectivity index (χ2n) is 6.78. The fourth-order valence-corrected chi connectivity index (χ4v) is 3.09. The molecule has 0 aliphatic carbocycles. The Morgan fingerprint density at radius 3 is 2.86 bits per heavy atom. The highest BCUT2D eigenvalue weighted by Crippen LogP contribution is 2.29. The normalized spacial score (nSPS) is 19.4. The number of aromatic nitrogens is 2. The summed E-state index contributed by atoms with van der Waals surface area (Å²) >= 11 is 5.76. The number of rotatable bonds is 5. The fourth-order valence-electron chi connectivity index (χ4n) is 2.85. The van der Waals surface area contributed by atoms with E-state index in [-0.39, 0.29) is 30.6 Å². The number of carbonyl (C=O) groups excluding carboxylic acids is 2. The molecule has 28 heavy (non-hydrogen) atoms. The van der Waals surface area contributed by atoms with Crippen molar-refractivity contribution >= 4 is 29.3 Å². The molecule has 1 aromatic carbocycles. The van der Waals surface area contributed by atoms with Gasteiger partial charge in [0.05, 0.1) is 11.9 Å². The topological polar surface area (TPSA) is 96.7 Å². The Balaban J connectivity index is 1.61. The third kappa shape index (κ3) is 4.26. The molecule has 1 aliphatic rings. The van der Waals surface area contributed by atoms with Gasteiger partial charge in [-0.1, -0.05) is 11.6 Å². The molecule has 10 heteroatoms. The number of nitrogens with zero attached hydrogens (tertiary/aromatic N) is 3. The molecule has 1 fully saturated rings. The van der Waals surface area contributed by atoms with Gasteiger partial charge in [0, 0.05) is 36.8 Å². The summed E-state index contributed by atoms with van der Waals surface area (Å²) in [5, 5.41) is 17.2. The van der Waals surface area contributed by atoms with Gasteiger partial charge >= 0.3 is 6.09 Å². The second kappa shape index (κ2) is 7.76. The first-order chi connectivity index (χ1) is 13.2. The van der Waals surface area contributed by atoms with E-state index >= 15 is 0 Å². The smallest absolute Gasteiger partial charge is 0.407 e. The molecule has 0 saturated carbocycles. The first kappa shape index (κ1) is 20.1. The summed E-state index contributed by atoms with van der Waals surface area (Å²) in [5.74, 6) is -3.57. The minimum Gasteiger partial charge on any atom is -0.407 e. The number of alkyl carbamates (subject to hydrolysis) is 1. The van der Waals surface area contributed by atoms with Crippen molar-refractivity contribution in [3.05, 3.63) is 47.0 Å². The molecular formula is C18H20ClFN4O4. The van der Waals surface area contributed by atoms with Crippen LogP contribution in [-0.2, 0) is 16.1 Å². The van der Waals surface area contributed by atoms with E-state index in [0.29, 0.717) is 11.3 Å². The molecule has 2 aromatic rings. The fraction of sp³-hybridized carbons (Fsp3) is 0.389. The van der Waals surface area contributed by atoms with Crippen LogP contribution in [0.15, 0.2) is 30.6 Å². The van der Waals surface area contributed by atoms with Crippen LogP contribution in [0.25, 0.3) is 0 Å². The molecule has 3 rings (SSSR count). The van der Waals surface area contributed by atoms with E-state index < -0.39 is 23.6 Å². The molecule has 0 radical (unpaired) electrons. The Morgan fingerprint density at radius 2 is 2.21 bits per heavy atom. The van der Waals surface area contributed by atoms with Crippen LogP contribution in [0.1, 0.15) is 31.9 Å². The van der Waals surface area contributed by atoms with Crippen LogP contribution >= 0.6 is 11.6 Å². The largest absolute Gasteiger partial charge is 0.410 e. The average molecular weight is 411 g/mol. The molecule has 2 N–H and O–H groups in total. The first-order valence-electron chi connectivity index (χ1n) is 8.68. The van der Waals surface area contributed by atoms with Crippen molar-refractivity contribution in [2.75, 3.05) is 11.4 Å². The molecule has 8 nitrogen and oxygen atoms in total. The van der Waals surface area contributed by atoms with Gasteiger partial charge < -0.3 is 20.1 Å². The van der Waals surface area contributed by atoms with E-state index in [1.54, 1.807) is 10.9 Å². The molecular weight excluding hydrogens is 391 g/mol. The summed E-state index contributed by atoms with van der Waals surface area (Å²) in [7, 11) is 0. The number of nitrogens with one attached hydrogen (secondary N) is 1.